The summed E-state index contributed by atoms with van der Waals surface area (Å²) in [6, 6.07) is 0. The van der Waals surface area contributed by atoms with Crippen molar-refractivity contribution in [2.75, 3.05) is 0 Å². The topological polar surface area (TPSA) is 52.6 Å². The summed E-state index contributed by atoms with van der Waals surface area (Å²) in [4.78, 5) is 26.3. The van der Waals surface area contributed by atoms with Crippen molar-refractivity contribution in [1.82, 2.24) is 0 Å². The van der Waals surface area contributed by atoms with E-state index < -0.39 is 49.5 Å². The molecule has 0 aliphatic carbocycles. The molecule has 6 heteroatoms. The van der Waals surface area contributed by atoms with Gasteiger partial charge in [-0.3, -0.25) is 0 Å². The molecular weight excluding hydrogens is 614 g/mol. The van der Waals surface area contributed by atoms with Crippen LogP contribution in [0.25, 0.3) is 0 Å². The van der Waals surface area contributed by atoms with E-state index in [1.54, 1.807) is 0 Å². The van der Waals surface area contributed by atoms with Crippen LogP contribution < -0.4 is 0 Å². The van der Waals surface area contributed by atoms with Gasteiger partial charge in [-0.05, 0) is 0 Å². The van der Waals surface area contributed by atoms with Crippen LogP contribution in [0.5, 0.6) is 0 Å². The second kappa shape index (κ2) is 19.8. The Morgan fingerprint density at radius 2 is 0.625 bits per heavy atom. The van der Waals surface area contributed by atoms with Crippen molar-refractivity contribution in [2.45, 2.75) is 145 Å². The van der Waals surface area contributed by atoms with E-state index in [-0.39, 0.29) is 0 Å². The Morgan fingerprint density at radius 3 is 0.781 bits per heavy atom. The molecule has 0 unspecified atom stereocenters. The number of hydrogen-bond acceptors (Lipinski definition) is 4. The van der Waals surface area contributed by atoms with Gasteiger partial charge in [0, 0.05) is 0 Å². The molecule has 0 amide bonds. The molecule has 0 aromatic carbocycles. The Balaban J connectivity index is 5.57. The van der Waals surface area contributed by atoms with Crippen molar-refractivity contribution in [3.63, 3.8) is 0 Å². The monoisotopic (exact) mass is 670 g/mol. The molecule has 0 fully saturated rings. The van der Waals surface area contributed by atoms with Gasteiger partial charge in [0.15, 0.2) is 0 Å². The van der Waals surface area contributed by atoms with Crippen LogP contribution in [0, 0.1) is 0 Å². The van der Waals surface area contributed by atoms with Crippen LogP contribution in [0.1, 0.15) is 119 Å². The standard InChI is InChI=1S/6C4H9.C2H2O4.2Sn/c6*1-3-4-2;3-1(4)2(5)6;;/h6*1,3-4H2,2H3;(H,3,4)(H,5,6);;/q;;;;;;;2*+1/p-2. The second-order valence-corrected chi connectivity index (χ2v) is 33.0. The van der Waals surface area contributed by atoms with Crippen LogP contribution in [0.2, 0.25) is 26.6 Å². The predicted molar refractivity (Wildman–Crippen MR) is 142 cm³/mol. The van der Waals surface area contributed by atoms with E-state index in [9.17, 15) is 9.59 Å². The minimum absolute atomic E-state index is 0.630. The molecule has 0 atom stereocenters. The molecule has 0 aromatic heterocycles. The molecule has 190 valence electrons. The number of carbonyl (C=O) groups excluding carboxylic acids is 2. The molecule has 4 nitrogen and oxygen atoms in total. The number of hydrogen-bond donors (Lipinski definition) is 0. The third-order valence-electron chi connectivity index (χ3n) is 6.70. The third-order valence-corrected chi connectivity index (χ3v) is 31.9. The summed E-state index contributed by atoms with van der Waals surface area (Å²) in [6.45, 7) is 13.2. The zero-order valence-corrected chi connectivity index (χ0v) is 28.1. The summed E-state index contributed by atoms with van der Waals surface area (Å²) in [6.07, 6.45) is 13.3. The van der Waals surface area contributed by atoms with E-state index in [2.05, 4.69) is 41.5 Å². The van der Waals surface area contributed by atoms with Gasteiger partial charge >= 0.3 is 210 Å². The normalized spacial score (nSPS) is 12.1. The molecule has 32 heavy (non-hydrogen) atoms. The van der Waals surface area contributed by atoms with Gasteiger partial charge in [0.05, 0.1) is 0 Å². The molecule has 0 saturated heterocycles. The number of carbonyl (C=O) groups is 2. The predicted octanol–water partition coefficient (Wildman–Crippen LogP) is 8.76. The van der Waals surface area contributed by atoms with E-state index in [0.29, 0.717) is 0 Å². The molecule has 0 radical (unpaired) electrons. The molecule has 0 rings (SSSR count). The summed E-state index contributed by atoms with van der Waals surface area (Å²) < 4.78 is 18.9. The Labute approximate surface area is 209 Å². The maximum atomic E-state index is 13.1. The zero-order valence-electron chi connectivity index (χ0n) is 22.4. The molecule has 0 aliphatic heterocycles. The van der Waals surface area contributed by atoms with Crippen molar-refractivity contribution in [1.29, 1.82) is 0 Å². The summed E-state index contributed by atoms with van der Waals surface area (Å²) in [5.74, 6) is -1.26. The van der Waals surface area contributed by atoms with Gasteiger partial charge in [0.1, 0.15) is 0 Å². The molecule has 0 N–H and O–H groups in total. The first-order chi connectivity index (χ1) is 15.4. The summed E-state index contributed by atoms with van der Waals surface area (Å²) in [7, 11) is 0. The summed E-state index contributed by atoms with van der Waals surface area (Å²) in [5.41, 5.74) is 0. The molecule has 0 aromatic rings. The van der Waals surface area contributed by atoms with E-state index in [1.165, 1.54) is 0 Å². The Bertz CT molecular complexity index is 409. The third kappa shape index (κ3) is 13.4. The molecule has 0 spiro atoms. The van der Waals surface area contributed by atoms with Crippen LogP contribution in [-0.4, -0.2) is 49.5 Å². The Kier molecular flexibility index (Phi) is 20.1. The van der Waals surface area contributed by atoms with E-state index in [1.807, 2.05) is 0 Å². The second-order valence-electron chi connectivity index (χ2n) is 9.77. The summed E-state index contributed by atoms with van der Waals surface area (Å²) >= 11 is -6.32. The van der Waals surface area contributed by atoms with E-state index >= 15 is 0 Å². The molecule has 0 bridgehead atoms. The SMILES string of the molecule is CCC[CH2][Sn]([CH2]CCC)([CH2]CCC)[O]C(=O)C(=O)[O][Sn]([CH2]CCC)([CH2]CCC)[CH2]CCC. The van der Waals surface area contributed by atoms with Gasteiger partial charge in [-0.1, -0.05) is 0 Å². The average molecular weight is 668 g/mol. The summed E-state index contributed by atoms with van der Waals surface area (Å²) in [5, 5.41) is 0. The van der Waals surface area contributed by atoms with Crippen molar-refractivity contribution < 1.29 is 15.7 Å². The van der Waals surface area contributed by atoms with Gasteiger partial charge < -0.3 is 0 Å². The number of unbranched alkanes of at least 4 members (excludes halogenated alkanes) is 6. The molecule has 0 saturated carbocycles. The van der Waals surface area contributed by atoms with Crippen LogP contribution in [0.3, 0.4) is 0 Å². The maximum absolute atomic E-state index is 13.1. The minimum atomic E-state index is -3.16. The van der Waals surface area contributed by atoms with Crippen LogP contribution in [0.4, 0.5) is 0 Å². The van der Waals surface area contributed by atoms with Gasteiger partial charge in [-0.15, -0.1) is 0 Å². The first-order valence-corrected chi connectivity index (χ1v) is 28.3. The van der Waals surface area contributed by atoms with E-state index in [4.69, 9.17) is 6.15 Å². The van der Waals surface area contributed by atoms with Crippen molar-refractivity contribution in [2.24, 2.45) is 0 Å². The number of rotatable bonds is 20. The first-order valence-electron chi connectivity index (χ1n) is 13.8. The van der Waals surface area contributed by atoms with Crippen molar-refractivity contribution in [3.8, 4) is 0 Å². The fourth-order valence-electron chi connectivity index (χ4n) is 4.53. The molecule has 0 aliphatic rings. The van der Waals surface area contributed by atoms with E-state index in [0.717, 1.165) is 104 Å². The fourth-order valence-corrected chi connectivity index (χ4v) is 30.4. The van der Waals surface area contributed by atoms with Gasteiger partial charge in [0.2, 0.25) is 0 Å². The van der Waals surface area contributed by atoms with Crippen LogP contribution >= 0.6 is 0 Å². The van der Waals surface area contributed by atoms with Crippen molar-refractivity contribution in [3.05, 3.63) is 0 Å². The van der Waals surface area contributed by atoms with Crippen LogP contribution in [-0.2, 0) is 15.7 Å². The Morgan fingerprint density at radius 1 is 0.438 bits per heavy atom. The van der Waals surface area contributed by atoms with Crippen molar-refractivity contribution >= 4 is 49.5 Å². The van der Waals surface area contributed by atoms with Gasteiger partial charge in [0.25, 0.3) is 0 Å². The average Bonchev–Trinajstić information content (AvgIpc) is 2.80. The Hall–Kier alpha value is 0.537. The van der Waals surface area contributed by atoms with Crippen LogP contribution in [0.15, 0.2) is 0 Å². The first kappa shape index (κ1) is 32.5. The molecular formula is C26H54O4Sn2. The quantitative estimate of drug-likeness (QED) is 0.0963. The van der Waals surface area contributed by atoms with Gasteiger partial charge in [-0.2, -0.15) is 0 Å². The fraction of sp³-hybridized carbons (Fsp3) is 0.923. The van der Waals surface area contributed by atoms with Gasteiger partial charge in [-0.25, -0.2) is 0 Å². The zero-order chi connectivity index (χ0) is 24.3. The molecule has 0 heterocycles.